The lowest BCUT2D eigenvalue weighted by Crippen LogP contribution is -2.48. The second-order valence-corrected chi connectivity index (χ2v) is 6.89. The van der Waals surface area contributed by atoms with Crippen molar-refractivity contribution < 1.29 is 9.90 Å². The molecule has 3 atom stereocenters. The summed E-state index contributed by atoms with van der Waals surface area (Å²) in [6.07, 6.45) is 0.516. The van der Waals surface area contributed by atoms with Gasteiger partial charge >= 0.3 is 0 Å². The van der Waals surface area contributed by atoms with Crippen LogP contribution in [0.4, 0.5) is 0 Å². The predicted octanol–water partition coefficient (Wildman–Crippen LogP) is 2.54. The Morgan fingerprint density at radius 3 is 2.80 bits per heavy atom. The van der Waals surface area contributed by atoms with Gasteiger partial charge in [0, 0.05) is 18.8 Å². The fourth-order valence-corrected chi connectivity index (χ4v) is 3.30. The number of amides is 1. The minimum atomic E-state index is -0.376. The van der Waals surface area contributed by atoms with Crippen LogP contribution in [0.5, 0.6) is 0 Å². The minimum Gasteiger partial charge on any atom is -0.391 e. The van der Waals surface area contributed by atoms with Crippen LogP contribution < -0.4 is 0 Å². The van der Waals surface area contributed by atoms with Crippen molar-refractivity contribution >= 4 is 17.7 Å². The molecule has 20 heavy (non-hydrogen) atoms. The van der Waals surface area contributed by atoms with E-state index < -0.39 is 0 Å². The van der Waals surface area contributed by atoms with Crippen LogP contribution in [-0.2, 0) is 10.5 Å². The van der Waals surface area contributed by atoms with Crippen LogP contribution >= 0.6 is 11.8 Å². The number of aliphatic hydroxyl groups excluding tert-OH is 1. The van der Waals surface area contributed by atoms with Crippen molar-refractivity contribution in [3.8, 4) is 0 Å². The number of thioether (sulfide) groups is 1. The number of nitrogens with zero attached hydrogens (tertiary/aromatic N) is 1. The van der Waals surface area contributed by atoms with Crippen LogP contribution in [0.1, 0.15) is 25.8 Å². The molecule has 0 saturated carbocycles. The number of carbonyl (C=O) groups excluding carboxylic acids is 1. The van der Waals surface area contributed by atoms with Gasteiger partial charge in [0.15, 0.2) is 0 Å². The molecule has 4 heteroatoms. The van der Waals surface area contributed by atoms with Gasteiger partial charge in [-0.3, -0.25) is 4.79 Å². The van der Waals surface area contributed by atoms with Gasteiger partial charge in [-0.2, -0.15) is 0 Å². The standard InChI is InChI=1S/C16H23NO2S/c1-12-8-9-17(10-15(12)18)16(19)13(2)20-11-14-6-4-3-5-7-14/h3-7,12-13,15,18H,8-11H2,1-2H3. The van der Waals surface area contributed by atoms with Crippen LogP contribution in [0.25, 0.3) is 0 Å². The average molecular weight is 293 g/mol. The van der Waals surface area contributed by atoms with Gasteiger partial charge in [0.1, 0.15) is 0 Å². The lowest BCUT2D eigenvalue weighted by atomic mass is 9.96. The highest BCUT2D eigenvalue weighted by Gasteiger charge is 2.29. The van der Waals surface area contributed by atoms with Gasteiger partial charge < -0.3 is 10.0 Å². The molecule has 2 rings (SSSR count). The first kappa shape index (κ1) is 15.4. The molecular formula is C16H23NO2S. The third-order valence-corrected chi connectivity index (χ3v) is 5.12. The zero-order valence-corrected chi connectivity index (χ0v) is 13.0. The Bertz CT molecular complexity index is 437. The van der Waals surface area contributed by atoms with E-state index in [0.29, 0.717) is 12.5 Å². The van der Waals surface area contributed by atoms with Crippen LogP contribution in [0.15, 0.2) is 30.3 Å². The third-order valence-electron chi connectivity index (χ3n) is 3.92. The monoisotopic (exact) mass is 293 g/mol. The Hall–Kier alpha value is -1.00. The maximum absolute atomic E-state index is 12.4. The molecule has 0 aliphatic carbocycles. The summed E-state index contributed by atoms with van der Waals surface area (Å²) in [6.45, 7) is 5.25. The van der Waals surface area contributed by atoms with Gasteiger partial charge in [-0.1, -0.05) is 37.3 Å². The van der Waals surface area contributed by atoms with Gasteiger partial charge in [-0.05, 0) is 24.8 Å². The molecule has 0 aromatic heterocycles. The Labute approximate surface area is 125 Å². The lowest BCUT2D eigenvalue weighted by molar-refractivity contribution is -0.134. The normalized spacial score (nSPS) is 24.4. The molecule has 1 saturated heterocycles. The number of rotatable bonds is 4. The topological polar surface area (TPSA) is 40.5 Å². The number of aliphatic hydroxyl groups is 1. The van der Waals surface area contributed by atoms with Crippen LogP contribution in [0.3, 0.4) is 0 Å². The lowest BCUT2D eigenvalue weighted by Gasteiger charge is -2.35. The number of piperidine rings is 1. The van der Waals surface area contributed by atoms with Crippen LogP contribution in [-0.4, -0.2) is 40.4 Å². The van der Waals surface area contributed by atoms with E-state index in [0.717, 1.165) is 18.7 Å². The summed E-state index contributed by atoms with van der Waals surface area (Å²) < 4.78 is 0. The van der Waals surface area contributed by atoms with E-state index in [2.05, 4.69) is 12.1 Å². The molecule has 1 N–H and O–H groups in total. The van der Waals surface area contributed by atoms with Gasteiger partial charge in [0.25, 0.3) is 0 Å². The summed E-state index contributed by atoms with van der Waals surface area (Å²) in [5.41, 5.74) is 1.24. The van der Waals surface area contributed by atoms with Gasteiger partial charge in [0.2, 0.25) is 5.91 Å². The molecule has 0 bridgehead atoms. The largest absolute Gasteiger partial charge is 0.391 e. The summed E-state index contributed by atoms with van der Waals surface area (Å²) in [6, 6.07) is 10.2. The van der Waals surface area contributed by atoms with Gasteiger partial charge in [0.05, 0.1) is 11.4 Å². The number of β-amino-alcohol motifs (C(OH)–C–C–N with tert-alkyl or cyclic N) is 1. The molecular weight excluding hydrogens is 270 g/mol. The average Bonchev–Trinajstić information content (AvgIpc) is 2.48. The maximum atomic E-state index is 12.4. The highest BCUT2D eigenvalue weighted by atomic mass is 32.2. The first-order chi connectivity index (χ1) is 9.58. The molecule has 0 radical (unpaired) electrons. The molecule has 3 unspecified atom stereocenters. The van der Waals surface area contributed by atoms with E-state index in [1.165, 1.54) is 5.56 Å². The zero-order chi connectivity index (χ0) is 14.5. The fourth-order valence-electron chi connectivity index (χ4n) is 2.37. The minimum absolute atomic E-state index is 0.0594. The molecule has 1 heterocycles. The second-order valence-electron chi connectivity index (χ2n) is 5.56. The SMILES string of the molecule is CC(SCc1ccccc1)C(=O)N1CCC(C)C(O)C1. The van der Waals surface area contributed by atoms with E-state index >= 15 is 0 Å². The van der Waals surface area contributed by atoms with Crippen molar-refractivity contribution in [2.24, 2.45) is 5.92 Å². The highest BCUT2D eigenvalue weighted by molar-refractivity contribution is 7.99. The number of likely N-dealkylation sites (tertiary alicyclic amines) is 1. The Morgan fingerprint density at radius 2 is 2.15 bits per heavy atom. The van der Waals surface area contributed by atoms with Gasteiger partial charge in [-0.15, -0.1) is 11.8 Å². The molecule has 1 fully saturated rings. The quantitative estimate of drug-likeness (QED) is 0.927. The Balaban J connectivity index is 1.83. The number of benzene rings is 1. The van der Waals surface area contributed by atoms with E-state index in [4.69, 9.17) is 0 Å². The predicted molar refractivity (Wildman–Crippen MR) is 83.6 cm³/mol. The molecule has 110 valence electrons. The van der Waals surface area contributed by atoms with Crippen molar-refractivity contribution in [2.75, 3.05) is 13.1 Å². The summed E-state index contributed by atoms with van der Waals surface area (Å²) >= 11 is 1.66. The maximum Gasteiger partial charge on any atom is 0.235 e. The third kappa shape index (κ3) is 4.00. The van der Waals surface area contributed by atoms with Crippen molar-refractivity contribution in [1.82, 2.24) is 4.90 Å². The van der Waals surface area contributed by atoms with Crippen molar-refractivity contribution in [1.29, 1.82) is 0 Å². The summed E-state index contributed by atoms with van der Waals surface area (Å²) in [4.78, 5) is 14.2. The summed E-state index contributed by atoms with van der Waals surface area (Å²) in [5.74, 6) is 1.30. The molecule has 1 aromatic rings. The van der Waals surface area contributed by atoms with E-state index in [-0.39, 0.29) is 17.3 Å². The van der Waals surface area contributed by atoms with E-state index in [1.807, 2.05) is 36.9 Å². The van der Waals surface area contributed by atoms with Crippen LogP contribution in [0, 0.1) is 5.92 Å². The second kappa shape index (κ2) is 7.14. The first-order valence-corrected chi connectivity index (χ1v) is 8.25. The summed E-state index contributed by atoms with van der Waals surface area (Å²) in [7, 11) is 0. The Kier molecular flexibility index (Phi) is 5.49. The fraction of sp³-hybridized carbons (Fsp3) is 0.562. The number of hydrogen-bond donors (Lipinski definition) is 1. The van der Waals surface area contributed by atoms with Crippen LogP contribution in [0.2, 0.25) is 0 Å². The molecule has 3 nitrogen and oxygen atoms in total. The number of hydrogen-bond acceptors (Lipinski definition) is 3. The molecule has 1 amide bonds. The molecule has 0 spiro atoms. The van der Waals surface area contributed by atoms with Crippen molar-refractivity contribution in [3.63, 3.8) is 0 Å². The Morgan fingerprint density at radius 1 is 1.45 bits per heavy atom. The summed E-state index contributed by atoms with van der Waals surface area (Å²) in [5, 5.41) is 9.83. The zero-order valence-electron chi connectivity index (χ0n) is 12.2. The first-order valence-electron chi connectivity index (χ1n) is 7.20. The van der Waals surface area contributed by atoms with Gasteiger partial charge in [-0.25, -0.2) is 0 Å². The van der Waals surface area contributed by atoms with E-state index in [9.17, 15) is 9.90 Å². The number of carbonyl (C=O) groups is 1. The smallest absolute Gasteiger partial charge is 0.235 e. The molecule has 1 aromatic carbocycles. The van der Waals surface area contributed by atoms with Crippen molar-refractivity contribution in [3.05, 3.63) is 35.9 Å². The van der Waals surface area contributed by atoms with E-state index in [1.54, 1.807) is 11.8 Å². The molecule has 1 aliphatic heterocycles. The highest BCUT2D eigenvalue weighted by Crippen LogP contribution is 2.23. The van der Waals surface area contributed by atoms with Crippen molar-refractivity contribution in [2.45, 2.75) is 37.4 Å². The molecule has 1 aliphatic rings.